The molecule has 0 fully saturated rings. The van der Waals surface area contributed by atoms with Gasteiger partial charge in [0.25, 0.3) is 5.65 Å². The van der Waals surface area contributed by atoms with Crippen LogP contribution < -0.4 is 4.57 Å². The Bertz CT molecular complexity index is 1540. The van der Waals surface area contributed by atoms with Crippen LogP contribution in [-0.2, 0) is 18.4 Å². The molecule has 5 rings (SSSR count). The average Bonchev–Trinajstić information content (AvgIpc) is 3.34. The van der Waals surface area contributed by atoms with Crippen LogP contribution in [0.5, 0.6) is 0 Å². The average molecular weight is 506 g/mol. The summed E-state index contributed by atoms with van der Waals surface area (Å²) in [7, 11) is 0. The topological polar surface area (TPSA) is 34.1 Å². The lowest BCUT2D eigenvalue weighted by molar-refractivity contribution is -0.669. The van der Waals surface area contributed by atoms with E-state index in [1.807, 2.05) is 18.6 Å². The predicted octanol–water partition coefficient (Wildman–Crippen LogP) is 8.33. The number of rotatable bonds is 10. The Hall–Kier alpha value is -3.53. The Balaban J connectivity index is 1.83. The van der Waals surface area contributed by atoms with Crippen molar-refractivity contribution in [1.82, 2.24) is 14.4 Å². The molecule has 38 heavy (non-hydrogen) atoms. The summed E-state index contributed by atoms with van der Waals surface area (Å²) in [6, 6.07) is 15.8. The van der Waals surface area contributed by atoms with Crippen LogP contribution in [0.1, 0.15) is 78.0 Å². The second-order valence-electron chi connectivity index (χ2n) is 10.8. The van der Waals surface area contributed by atoms with Crippen LogP contribution in [0.15, 0.2) is 73.4 Å². The van der Waals surface area contributed by atoms with Gasteiger partial charge in [-0.2, -0.15) is 4.40 Å². The maximum Gasteiger partial charge on any atom is 0.295 e. The van der Waals surface area contributed by atoms with Crippen LogP contribution in [0.25, 0.3) is 38.8 Å². The van der Waals surface area contributed by atoms with Crippen molar-refractivity contribution in [2.24, 2.45) is 0 Å². The van der Waals surface area contributed by atoms with Crippen molar-refractivity contribution in [3.05, 3.63) is 84.7 Å². The number of benzene rings is 1. The highest BCUT2D eigenvalue weighted by molar-refractivity contribution is 5.99. The highest BCUT2D eigenvalue weighted by atomic mass is 15.1. The van der Waals surface area contributed by atoms with Crippen LogP contribution in [-0.4, -0.2) is 14.4 Å². The van der Waals surface area contributed by atoms with Crippen LogP contribution in [0.2, 0.25) is 0 Å². The Kier molecular flexibility index (Phi) is 7.60. The van der Waals surface area contributed by atoms with Crippen molar-refractivity contribution in [2.45, 2.75) is 85.1 Å². The lowest BCUT2D eigenvalue weighted by Gasteiger charge is -2.29. The Morgan fingerprint density at radius 1 is 0.842 bits per heavy atom. The van der Waals surface area contributed by atoms with Crippen LogP contribution in [0.4, 0.5) is 0 Å². The van der Waals surface area contributed by atoms with Gasteiger partial charge >= 0.3 is 0 Å². The molecule has 0 aliphatic rings. The Morgan fingerprint density at radius 2 is 1.61 bits per heavy atom. The van der Waals surface area contributed by atoms with Gasteiger partial charge in [-0.3, -0.25) is 9.97 Å². The van der Waals surface area contributed by atoms with E-state index < -0.39 is 0 Å². The first-order valence-electron chi connectivity index (χ1n) is 14.4. The minimum absolute atomic E-state index is 0.0710. The van der Waals surface area contributed by atoms with Crippen molar-refractivity contribution in [3.63, 3.8) is 0 Å². The molecule has 0 radical (unpaired) electrons. The zero-order chi connectivity index (χ0) is 26.7. The van der Waals surface area contributed by atoms with Gasteiger partial charge in [-0.25, -0.2) is 4.57 Å². The van der Waals surface area contributed by atoms with Crippen molar-refractivity contribution in [3.8, 4) is 22.4 Å². The van der Waals surface area contributed by atoms with E-state index in [-0.39, 0.29) is 5.41 Å². The maximum absolute atomic E-state index is 4.66. The molecule has 0 spiro atoms. The van der Waals surface area contributed by atoms with Crippen molar-refractivity contribution in [1.29, 1.82) is 0 Å². The summed E-state index contributed by atoms with van der Waals surface area (Å²) in [6.45, 7) is 12.6. The fourth-order valence-electron chi connectivity index (χ4n) is 5.71. The summed E-state index contributed by atoms with van der Waals surface area (Å²) in [5.74, 6) is 0. The molecule has 4 heteroatoms. The number of aryl methyl sites for hydroxylation is 2. The minimum atomic E-state index is 0.0710. The summed E-state index contributed by atoms with van der Waals surface area (Å²) in [4.78, 5) is 8.91. The summed E-state index contributed by atoms with van der Waals surface area (Å²) >= 11 is 0. The zero-order valence-electron chi connectivity index (χ0n) is 23.7. The van der Waals surface area contributed by atoms with Crippen molar-refractivity contribution >= 4 is 16.4 Å². The SMILES string of the molecule is CCCCc1cc(-c2c[n+](CCC)c3c4c(C(C)(CC)CC)cc(-c5ccncc5)cc4ccn23)ccn1. The molecule has 4 nitrogen and oxygen atoms in total. The molecule has 196 valence electrons. The first-order valence-corrected chi connectivity index (χ1v) is 14.4. The monoisotopic (exact) mass is 505 g/mol. The van der Waals surface area contributed by atoms with E-state index in [0.717, 1.165) is 32.2 Å². The van der Waals surface area contributed by atoms with E-state index in [9.17, 15) is 0 Å². The van der Waals surface area contributed by atoms with E-state index in [0.29, 0.717) is 0 Å². The number of hydrogen-bond donors (Lipinski definition) is 0. The molecule has 0 saturated carbocycles. The predicted molar refractivity (Wildman–Crippen MR) is 158 cm³/mol. The normalized spacial score (nSPS) is 12.0. The van der Waals surface area contributed by atoms with Gasteiger partial charge in [0.05, 0.1) is 18.1 Å². The lowest BCUT2D eigenvalue weighted by Crippen LogP contribution is -2.32. The van der Waals surface area contributed by atoms with Gasteiger partial charge in [0.1, 0.15) is 6.20 Å². The molecule has 0 aliphatic carbocycles. The van der Waals surface area contributed by atoms with E-state index >= 15 is 0 Å². The Morgan fingerprint density at radius 3 is 2.32 bits per heavy atom. The quantitative estimate of drug-likeness (QED) is 0.179. The van der Waals surface area contributed by atoms with E-state index in [2.05, 4.69) is 108 Å². The lowest BCUT2D eigenvalue weighted by atomic mass is 9.75. The molecule has 4 heterocycles. The summed E-state index contributed by atoms with van der Waals surface area (Å²) < 4.78 is 4.89. The first kappa shape index (κ1) is 26.1. The molecule has 4 aromatic heterocycles. The van der Waals surface area contributed by atoms with Gasteiger partial charge in [0.15, 0.2) is 5.69 Å². The van der Waals surface area contributed by atoms with E-state index in [1.165, 1.54) is 62.9 Å². The molecule has 0 saturated heterocycles. The third-order valence-corrected chi connectivity index (χ3v) is 8.42. The number of aromatic nitrogens is 4. The number of unbranched alkanes of at least 4 members (excludes halogenated alkanes) is 1. The van der Waals surface area contributed by atoms with Gasteiger partial charge in [-0.15, -0.1) is 0 Å². The minimum Gasteiger partial charge on any atom is -0.265 e. The van der Waals surface area contributed by atoms with Crippen LogP contribution >= 0.6 is 0 Å². The molecule has 0 aliphatic heterocycles. The number of imidazole rings is 1. The number of pyridine rings is 3. The van der Waals surface area contributed by atoms with Gasteiger partial charge in [0, 0.05) is 29.8 Å². The number of nitrogens with zero attached hydrogens (tertiary/aromatic N) is 4. The molecule has 0 N–H and O–H groups in total. The highest BCUT2D eigenvalue weighted by Gasteiger charge is 2.30. The number of fused-ring (bicyclic) bond motifs is 3. The molecule has 1 aromatic carbocycles. The number of hydrogen-bond acceptors (Lipinski definition) is 2. The zero-order valence-corrected chi connectivity index (χ0v) is 23.7. The van der Waals surface area contributed by atoms with Gasteiger partial charge in [-0.05, 0) is 102 Å². The summed E-state index contributed by atoms with van der Waals surface area (Å²) in [6.07, 6.45) is 17.0. The Labute approximate surface area is 227 Å². The van der Waals surface area contributed by atoms with E-state index in [4.69, 9.17) is 0 Å². The molecular formula is C34H41N4+. The van der Waals surface area contributed by atoms with Crippen molar-refractivity contribution < 1.29 is 4.57 Å². The largest absolute Gasteiger partial charge is 0.295 e. The maximum atomic E-state index is 4.66. The molecule has 0 bridgehead atoms. The fraction of sp³-hybridized carbons (Fsp3) is 0.382. The van der Waals surface area contributed by atoms with Crippen LogP contribution in [0.3, 0.4) is 0 Å². The summed E-state index contributed by atoms with van der Waals surface area (Å²) in [5, 5.41) is 2.67. The second kappa shape index (κ2) is 11.1. The molecule has 0 unspecified atom stereocenters. The fourth-order valence-corrected chi connectivity index (χ4v) is 5.71. The van der Waals surface area contributed by atoms with Gasteiger partial charge in [0.2, 0.25) is 0 Å². The highest BCUT2D eigenvalue weighted by Crippen LogP contribution is 2.40. The molecule has 5 aromatic rings. The second-order valence-corrected chi connectivity index (χ2v) is 10.8. The van der Waals surface area contributed by atoms with Crippen molar-refractivity contribution in [2.75, 3.05) is 0 Å². The molecule has 0 atom stereocenters. The third kappa shape index (κ3) is 4.73. The summed E-state index contributed by atoms with van der Waals surface area (Å²) in [5.41, 5.74) is 8.91. The standard InChI is InChI=1S/C34H41N4/c1-6-10-11-29-22-26(14-18-36-29)31-24-37(19-7-2)33-32-27(15-20-38(31)33)21-28(25-12-16-35-17-13-25)23-30(32)34(5,8-3)9-4/h12-18,20-24H,6-11,19H2,1-5H3/q+1. The molecular weight excluding hydrogens is 464 g/mol. The van der Waals surface area contributed by atoms with Gasteiger partial charge < -0.3 is 0 Å². The van der Waals surface area contributed by atoms with E-state index in [1.54, 1.807) is 0 Å². The third-order valence-electron chi connectivity index (χ3n) is 8.42. The van der Waals surface area contributed by atoms with Gasteiger partial charge in [-0.1, -0.05) is 41.0 Å². The first-order chi connectivity index (χ1) is 18.5. The smallest absolute Gasteiger partial charge is 0.265 e. The molecule has 0 amide bonds. The van der Waals surface area contributed by atoms with Crippen LogP contribution in [0, 0.1) is 0 Å².